The van der Waals surface area contributed by atoms with Crippen molar-refractivity contribution in [1.82, 2.24) is 5.32 Å². The standard InChI is InChI=1S/C14H27NO4/c1-8-9-10(11(16)18-13(2,3)4)15-12(17)19-14(5,6)7/h10H,8-9H2,1-7H3,(H,15,17)/t10-/m1/s1/i9+1,15+1. The number of rotatable bonds is 4. The molecule has 1 amide bonds. The smallest absolute Gasteiger partial charge is 0.408 e. The van der Waals surface area contributed by atoms with Crippen LogP contribution in [0.15, 0.2) is 0 Å². The normalized spacial score (nSPS) is 13.6. The van der Waals surface area contributed by atoms with Gasteiger partial charge in [0.25, 0.3) is 0 Å². The molecule has 0 unspecified atom stereocenters. The predicted molar refractivity (Wildman–Crippen MR) is 73.9 cm³/mol. The minimum atomic E-state index is -0.668. The topological polar surface area (TPSA) is 64.6 Å². The molecule has 0 aliphatic rings. The summed E-state index contributed by atoms with van der Waals surface area (Å²) < 4.78 is 10.4. The van der Waals surface area contributed by atoms with Crippen molar-refractivity contribution < 1.29 is 19.1 Å². The predicted octanol–water partition coefficient (Wildman–Crippen LogP) is 3.02. The van der Waals surface area contributed by atoms with Crippen LogP contribution in [0.2, 0.25) is 0 Å². The zero-order chi connectivity index (χ0) is 15.3. The molecule has 5 nitrogen and oxygen atoms in total. The third-order valence-corrected chi connectivity index (χ3v) is 1.96. The zero-order valence-electron chi connectivity index (χ0n) is 13.1. The van der Waals surface area contributed by atoms with Crippen molar-refractivity contribution in [3.8, 4) is 0 Å². The largest absolute Gasteiger partial charge is 0.458 e. The fourth-order valence-electron chi connectivity index (χ4n) is 1.36. The first-order chi connectivity index (χ1) is 8.44. The van der Waals surface area contributed by atoms with Gasteiger partial charge in [0.1, 0.15) is 17.2 Å². The van der Waals surface area contributed by atoms with Crippen molar-refractivity contribution in [2.75, 3.05) is 0 Å². The maximum atomic E-state index is 12.0. The first-order valence-electron chi connectivity index (χ1n) is 6.67. The summed E-state index contributed by atoms with van der Waals surface area (Å²) in [5.41, 5.74) is -1.16. The Hall–Kier alpha value is -1.26. The molecule has 1 N–H and O–H groups in total. The molecule has 112 valence electrons. The van der Waals surface area contributed by atoms with Crippen LogP contribution in [0.5, 0.6) is 0 Å². The molecule has 0 aromatic rings. The minimum absolute atomic E-state index is 0.430. The second kappa shape index (κ2) is 6.78. The van der Waals surface area contributed by atoms with Gasteiger partial charge < -0.3 is 14.8 Å². The zero-order valence-corrected chi connectivity index (χ0v) is 13.1. The van der Waals surface area contributed by atoms with Crippen LogP contribution in [0, 0.1) is 0 Å². The number of ether oxygens (including phenoxy) is 2. The summed E-state index contributed by atoms with van der Waals surface area (Å²) in [6.07, 6.45) is 0.685. The molecular weight excluding hydrogens is 248 g/mol. The van der Waals surface area contributed by atoms with E-state index in [-0.39, 0.29) is 0 Å². The van der Waals surface area contributed by atoms with Gasteiger partial charge in [-0.15, -0.1) is 0 Å². The Morgan fingerprint density at radius 1 is 1.00 bits per heavy atom. The SMILES string of the molecule is CC[13CH2][C@@H]([15NH]C(=O)OC(C)(C)C)C(=O)OC(C)(C)C. The van der Waals surface area contributed by atoms with E-state index in [1.165, 1.54) is 0 Å². The van der Waals surface area contributed by atoms with Gasteiger partial charge in [0.15, 0.2) is 0 Å². The lowest BCUT2D eigenvalue weighted by Gasteiger charge is -2.26. The summed E-state index contributed by atoms with van der Waals surface area (Å²) in [6.45, 7) is 12.6. The van der Waals surface area contributed by atoms with Crippen LogP contribution in [0.3, 0.4) is 0 Å². The molecule has 0 radical (unpaired) electrons. The van der Waals surface area contributed by atoms with Crippen LogP contribution in [-0.2, 0) is 14.3 Å². The second-order valence-corrected chi connectivity index (χ2v) is 6.52. The van der Waals surface area contributed by atoms with E-state index in [1.807, 2.05) is 6.92 Å². The molecule has 5 heteroatoms. The Kier molecular flexibility index (Phi) is 6.33. The maximum Gasteiger partial charge on any atom is 0.408 e. The van der Waals surface area contributed by atoms with E-state index in [1.54, 1.807) is 41.5 Å². The number of alkyl carbamates (subject to hydrolysis) is 1. The molecule has 0 aromatic carbocycles. The van der Waals surface area contributed by atoms with E-state index >= 15 is 0 Å². The molecule has 0 heterocycles. The molecule has 19 heavy (non-hydrogen) atoms. The first-order valence-corrected chi connectivity index (χ1v) is 6.67. The molecule has 0 aliphatic carbocycles. The Morgan fingerprint density at radius 3 is 1.84 bits per heavy atom. The van der Waals surface area contributed by atoms with Gasteiger partial charge in [-0.05, 0) is 48.0 Å². The maximum absolute atomic E-state index is 12.0. The van der Waals surface area contributed by atoms with Crippen molar-refractivity contribution in [2.24, 2.45) is 0 Å². The summed E-state index contributed by atoms with van der Waals surface area (Å²) in [5, 5.41) is 2.56. The molecule has 0 fully saturated rings. The highest BCUT2D eigenvalue weighted by atomic mass is 16.6. The van der Waals surface area contributed by atoms with E-state index in [0.29, 0.717) is 6.42 Å². The quantitative estimate of drug-likeness (QED) is 0.486. The van der Waals surface area contributed by atoms with Crippen molar-refractivity contribution in [3.05, 3.63) is 0 Å². The van der Waals surface area contributed by atoms with Crippen LogP contribution in [0.1, 0.15) is 61.3 Å². The molecule has 0 saturated heterocycles. The summed E-state index contributed by atoms with van der Waals surface area (Å²) in [7, 11) is 0. The molecular formula is C14H27NO4. The van der Waals surface area contributed by atoms with Crippen LogP contribution >= 0.6 is 0 Å². The lowest BCUT2D eigenvalue weighted by Crippen LogP contribution is -2.45. The van der Waals surface area contributed by atoms with Gasteiger partial charge in [0, 0.05) is 0 Å². The van der Waals surface area contributed by atoms with E-state index in [9.17, 15) is 9.59 Å². The number of amides is 1. The van der Waals surface area contributed by atoms with Crippen molar-refractivity contribution in [2.45, 2.75) is 78.6 Å². The van der Waals surface area contributed by atoms with Crippen LogP contribution in [0.25, 0.3) is 0 Å². The summed E-state index contributed by atoms with van der Waals surface area (Å²) in [4.78, 5) is 23.6. The number of carbonyl (C=O) groups excluding carboxylic acids is 2. The Morgan fingerprint density at radius 2 is 1.47 bits per heavy atom. The van der Waals surface area contributed by atoms with Crippen molar-refractivity contribution in [3.63, 3.8) is 0 Å². The molecule has 0 aromatic heterocycles. The highest BCUT2D eigenvalue weighted by Gasteiger charge is 2.27. The molecule has 0 spiro atoms. The van der Waals surface area contributed by atoms with Gasteiger partial charge in [-0.3, -0.25) is 0 Å². The molecule has 0 saturated carbocycles. The molecule has 0 bridgehead atoms. The minimum Gasteiger partial charge on any atom is -0.458 e. The van der Waals surface area contributed by atoms with E-state index in [0.717, 1.165) is 6.42 Å². The molecule has 0 rings (SSSR count). The van der Waals surface area contributed by atoms with Crippen LogP contribution in [-0.4, -0.2) is 29.3 Å². The van der Waals surface area contributed by atoms with E-state index in [2.05, 4.69) is 5.32 Å². The highest BCUT2D eigenvalue weighted by molar-refractivity contribution is 5.81. The number of carbonyl (C=O) groups is 2. The lowest BCUT2D eigenvalue weighted by atomic mass is 10.2. The summed E-state index contributed by atoms with van der Waals surface area (Å²) in [5.74, 6) is -0.430. The third kappa shape index (κ3) is 9.33. The van der Waals surface area contributed by atoms with Crippen LogP contribution in [0.4, 0.5) is 4.79 Å². The number of nitrogens with one attached hydrogen (secondary N) is 1. The van der Waals surface area contributed by atoms with Gasteiger partial charge >= 0.3 is 12.1 Å². The number of esters is 1. The van der Waals surface area contributed by atoms with Gasteiger partial charge in [-0.2, -0.15) is 0 Å². The van der Waals surface area contributed by atoms with Gasteiger partial charge in [-0.25, -0.2) is 9.59 Å². The van der Waals surface area contributed by atoms with Gasteiger partial charge in [0.2, 0.25) is 0 Å². The van der Waals surface area contributed by atoms with E-state index < -0.39 is 29.3 Å². The van der Waals surface area contributed by atoms with E-state index in [4.69, 9.17) is 9.47 Å². The third-order valence-electron chi connectivity index (χ3n) is 1.96. The Balaban J connectivity index is 4.57. The van der Waals surface area contributed by atoms with Crippen LogP contribution < -0.4 is 5.32 Å². The number of hydrogen-bond acceptors (Lipinski definition) is 4. The second-order valence-electron chi connectivity index (χ2n) is 6.52. The Labute approximate surface area is 116 Å². The molecule has 0 aliphatic heterocycles. The fourth-order valence-corrected chi connectivity index (χ4v) is 1.36. The monoisotopic (exact) mass is 275 g/mol. The average Bonchev–Trinajstić information content (AvgIpc) is 2.10. The summed E-state index contributed by atoms with van der Waals surface area (Å²) >= 11 is 0. The summed E-state index contributed by atoms with van der Waals surface area (Å²) in [6, 6.07) is -0.668. The lowest BCUT2D eigenvalue weighted by molar-refractivity contribution is -0.157. The van der Waals surface area contributed by atoms with Gasteiger partial charge in [-0.1, -0.05) is 13.3 Å². The van der Waals surface area contributed by atoms with Crippen molar-refractivity contribution >= 4 is 12.1 Å². The van der Waals surface area contributed by atoms with Gasteiger partial charge in [0.05, 0.1) is 0 Å². The fraction of sp³-hybridized carbons (Fsp3) is 0.857. The molecule has 1 atom stereocenters. The number of hydrogen-bond donors (Lipinski definition) is 1. The highest BCUT2D eigenvalue weighted by Crippen LogP contribution is 2.12. The first kappa shape index (κ1) is 17.7. The Bertz CT molecular complexity index is 312. The van der Waals surface area contributed by atoms with Crippen molar-refractivity contribution in [1.29, 1.82) is 0 Å². The average molecular weight is 275 g/mol.